The second-order valence-corrected chi connectivity index (χ2v) is 8.07. The molecule has 0 unspecified atom stereocenters. The minimum absolute atomic E-state index is 0.131. The Balaban J connectivity index is 1.87. The van der Waals surface area contributed by atoms with Crippen molar-refractivity contribution in [3.8, 4) is 0 Å². The lowest BCUT2D eigenvalue weighted by atomic mass is 10.1. The van der Waals surface area contributed by atoms with Crippen LogP contribution in [0.15, 0.2) is 34.0 Å². The van der Waals surface area contributed by atoms with Gasteiger partial charge in [0.05, 0.1) is 30.0 Å². The fourth-order valence-electron chi connectivity index (χ4n) is 2.15. The number of hydrogen-bond acceptors (Lipinski definition) is 6. The van der Waals surface area contributed by atoms with E-state index < -0.39 is 0 Å². The zero-order chi connectivity index (χ0) is 19.1. The van der Waals surface area contributed by atoms with Crippen molar-refractivity contribution < 1.29 is 18.7 Å². The summed E-state index contributed by atoms with van der Waals surface area (Å²) in [5, 5.41) is 4.36. The number of thiazole rings is 1. The number of nitrogens with zero attached hydrogens (tertiary/aromatic N) is 1. The van der Waals surface area contributed by atoms with Crippen molar-refractivity contribution in [1.29, 1.82) is 0 Å². The Hall–Kier alpha value is -1.93. The molecule has 0 aliphatic rings. The molecule has 2 aromatic rings. The van der Waals surface area contributed by atoms with E-state index in [0.717, 1.165) is 9.90 Å². The molecule has 0 saturated heterocycles. The second kappa shape index (κ2) is 9.68. The van der Waals surface area contributed by atoms with Gasteiger partial charge in [-0.05, 0) is 38.5 Å². The van der Waals surface area contributed by atoms with Gasteiger partial charge in [-0.25, -0.2) is 9.37 Å². The first-order valence-corrected chi connectivity index (χ1v) is 9.97. The Kier molecular flexibility index (Phi) is 7.59. The van der Waals surface area contributed by atoms with E-state index in [-0.39, 0.29) is 35.4 Å². The average molecular weight is 397 g/mol. The highest BCUT2D eigenvalue weighted by Crippen LogP contribution is 2.27. The number of benzene rings is 1. The van der Waals surface area contributed by atoms with Crippen molar-refractivity contribution in [2.24, 2.45) is 0 Å². The highest BCUT2D eigenvalue weighted by atomic mass is 32.2. The Morgan fingerprint density at radius 2 is 2.00 bits per heavy atom. The van der Waals surface area contributed by atoms with Crippen LogP contribution in [-0.2, 0) is 20.7 Å². The van der Waals surface area contributed by atoms with Crippen molar-refractivity contribution in [3.63, 3.8) is 0 Å². The number of carbonyl (C=O) groups excluding carboxylic acids is 2. The number of halogens is 1. The lowest BCUT2D eigenvalue weighted by molar-refractivity contribution is -0.142. The molecule has 1 N–H and O–H groups in total. The van der Waals surface area contributed by atoms with Crippen LogP contribution in [0.25, 0.3) is 0 Å². The van der Waals surface area contributed by atoms with Crippen LogP contribution >= 0.6 is 23.1 Å². The highest BCUT2D eigenvalue weighted by molar-refractivity contribution is 8.02. The Morgan fingerprint density at radius 3 is 2.65 bits per heavy atom. The molecule has 5 nitrogen and oxygen atoms in total. The number of carbonyl (C=O) groups is 2. The van der Waals surface area contributed by atoms with E-state index in [1.807, 2.05) is 6.92 Å². The van der Waals surface area contributed by atoms with Gasteiger partial charge in [0.1, 0.15) is 5.82 Å². The lowest BCUT2D eigenvalue weighted by Gasteiger charge is -2.17. The van der Waals surface area contributed by atoms with Gasteiger partial charge in [0.2, 0.25) is 5.91 Å². The summed E-state index contributed by atoms with van der Waals surface area (Å²) in [4.78, 5) is 28.2. The van der Waals surface area contributed by atoms with Crippen LogP contribution in [0.3, 0.4) is 0 Å². The molecular weight excluding hydrogens is 375 g/mol. The first-order valence-electron chi connectivity index (χ1n) is 8.21. The summed E-state index contributed by atoms with van der Waals surface area (Å²) in [6.07, 6.45) is 0.132. The van der Waals surface area contributed by atoms with Crippen molar-refractivity contribution in [3.05, 3.63) is 46.7 Å². The highest BCUT2D eigenvalue weighted by Gasteiger charge is 2.19. The maximum Gasteiger partial charge on any atom is 0.311 e. The molecule has 0 spiro atoms. The number of hydrogen-bond donors (Lipinski definition) is 1. The van der Waals surface area contributed by atoms with Crippen LogP contribution in [0.2, 0.25) is 0 Å². The molecule has 0 aliphatic heterocycles. The van der Waals surface area contributed by atoms with Crippen molar-refractivity contribution in [1.82, 2.24) is 10.3 Å². The molecule has 2 rings (SSSR count). The number of rotatable bonds is 8. The first kappa shape index (κ1) is 20.4. The van der Waals surface area contributed by atoms with E-state index in [9.17, 15) is 14.0 Å². The minimum atomic E-state index is -0.348. The molecule has 0 aliphatic carbocycles. The van der Waals surface area contributed by atoms with Crippen LogP contribution in [0.4, 0.5) is 4.39 Å². The average Bonchev–Trinajstić information content (AvgIpc) is 3.02. The van der Waals surface area contributed by atoms with E-state index in [1.54, 1.807) is 31.4 Å². The summed E-state index contributed by atoms with van der Waals surface area (Å²) < 4.78 is 18.6. The number of nitrogens with one attached hydrogen (secondary N) is 1. The summed E-state index contributed by atoms with van der Waals surface area (Å²) in [6, 6.07) is 5.83. The Labute approximate surface area is 160 Å². The maximum absolute atomic E-state index is 13.0. The molecular formula is C18H21FN2O3S2. The van der Waals surface area contributed by atoms with Crippen molar-refractivity contribution >= 4 is 35.0 Å². The van der Waals surface area contributed by atoms with Gasteiger partial charge in [-0.1, -0.05) is 23.9 Å². The predicted molar refractivity (Wildman–Crippen MR) is 101 cm³/mol. The van der Waals surface area contributed by atoms with Gasteiger partial charge >= 0.3 is 5.97 Å². The van der Waals surface area contributed by atoms with E-state index in [4.69, 9.17) is 4.74 Å². The minimum Gasteiger partial charge on any atom is -0.466 e. The molecule has 1 aromatic heterocycles. The molecule has 2 atom stereocenters. The van der Waals surface area contributed by atoms with Gasteiger partial charge < -0.3 is 10.1 Å². The zero-order valence-corrected chi connectivity index (χ0v) is 16.5. The van der Waals surface area contributed by atoms with Gasteiger partial charge in [-0.2, -0.15) is 0 Å². The monoisotopic (exact) mass is 396 g/mol. The summed E-state index contributed by atoms with van der Waals surface area (Å²) in [5.74, 6) is -0.749. The molecule has 0 fully saturated rings. The van der Waals surface area contributed by atoms with Crippen LogP contribution < -0.4 is 5.32 Å². The lowest BCUT2D eigenvalue weighted by Crippen LogP contribution is -2.33. The van der Waals surface area contributed by atoms with Crippen molar-refractivity contribution in [2.75, 3.05) is 6.61 Å². The van der Waals surface area contributed by atoms with Crippen LogP contribution in [-0.4, -0.2) is 28.7 Å². The molecule has 0 radical (unpaired) electrons. The maximum atomic E-state index is 13.0. The van der Waals surface area contributed by atoms with Crippen LogP contribution in [0, 0.1) is 5.82 Å². The number of ether oxygens (including phenoxy) is 1. The number of thioether (sulfide) groups is 1. The topological polar surface area (TPSA) is 68.3 Å². The Morgan fingerprint density at radius 1 is 1.31 bits per heavy atom. The number of esters is 1. The van der Waals surface area contributed by atoms with Gasteiger partial charge in [-0.3, -0.25) is 9.59 Å². The first-order chi connectivity index (χ1) is 12.4. The SMILES string of the molecule is CCOC(=O)Cc1csc(S[C@@H](C)C(=O)N[C@@H](C)c2ccc(F)cc2)n1. The Bertz CT molecular complexity index is 749. The molecule has 1 heterocycles. The standard InChI is InChI=1S/C18H21FN2O3S2/c1-4-24-16(22)9-15-10-25-18(21-15)26-12(3)17(23)20-11(2)13-5-7-14(19)8-6-13/h5-8,10-12H,4,9H2,1-3H3,(H,20,23)/t11-,12-/m0/s1. The van der Waals surface area contributed by atoms with E-state index in [0.29, 0.717) is 12.3 Å². The number of aromatic nitrogens is 1. The van der Waals surface area contributed by atoms with Crippen LogP contribution in [0.1, 0.15) is 38.1 Å². The molecule has 140 valence electrons. The van der Waals surface area contributed by atoms with Crippen molar-refractivity contribution in [2.45, 2.75) is 42.8 Å². The quantitative estimate of drug-likeness (QED) is 0.544. The van der Waals surface area contributed by atoms with Crippen LogP contribution in [0.5, 0.6) is 0 Å². The van der Waals surface area contributed by atoms with Gasteiger partial charge in [-0.15, -0.1) is 11.3 Å². The van der Waals surface area contributed by atoms with Gasteiger partial charge in [0.25, 0.3) is 0 Å². The summed E-state index contributed by atoms with van der Waals surface area (Å²) >= 11 is 2.73. The molecule has 0 bridgehead atoms. The summed E-state index contributed by atoms with van der Waals surface area (Å²) in [5.41, 5.74) is 1.48. The third kappa shape index (κ3) is 6.10. The molecule has 0 saturated carbocycles. The molecule has 26 heavy (non-hydrogen) atoms. The normalized spacial score (nSPS) is 13.1. The largest absolute Gasteiger partial charge is 0.466 e. The third-order valence-corrected chi connectivity index (χ3v) is 5.66. The van der Waals surface area contributed by atoms with E-state index in [2.05, 4.69) is 10.3 Å². The van der Waals surface area contributed by atoms with Gasteiger partial charge in [0, 0.05) is 5.38 Å². The molecule has 8 heteroatoms. The fraction of sp³-hybridized carbons (Fsp3) is 0.389. The summed E-state index contributed by atoms with van der Waals surface area (Å²) in [7, 11) is 0. The van der Waals surface area contributed by atoms with E-state index >= 15 is 0 Å². The fourth-order valence-corrected chi connectivity index (χ4v) is 4.14. The third-order valence-electron chi connectivity index (χ3n) is 3.54. The van der Waals surface area contributed by atoms with Gasteiger partial charge in [0.15, 0.2) is 4.34 Å². The number of amides is 1. The summed E-state index contributed by atoms with van der Waals surface area (Å²) in [6.45, 7) is 5.74. The zero-order valence-electron chi connectivity index (χ0n) is 14.8. The molecule has 1 amide bonds. The molecule has 1 aromatic carbocycles. The second-order valence-electron chi connectivity index (χ2n) is 5.63. The van der Waals surface area contributed by atoms with E-state index in [1.165, 1.54) is 35.2 Å². The smallest absolute Gasteiger partial charge is 0.311 e. The predicted octanol–water partition coefficient (Wildman–Crippen LogP) is 3.75.